The summed E-state index contributed by atoms with van der Waals surface area (Å²) in [5, 5.41) is 5.84. The van der Waals surface area contributed by atoms with E-state index in [9.17, 15) is 22.8 Å². The third kappa shape index (κ3) is 6.19. The van der Waals surface area contributed by atoms with Gasteiger partial charge in [-0.05, 0) is 30.4 Å². The van der Waals surface area contributed by atoms with Crippen LogP contribution in [0.5, 0.6) is 0 Å². The molecule has 0 spiro atoms. The molecule has 2 heterocycles. The summed E-state index contributed by atoms with van der Waals surface area (Å²) in [6, 6.07) is 16.8. The number of sulfonamides is 1. The molecule has 2 aliphatic heterocycles. The first-order valence-electron chi connectivity index (χ1n) is 12.7. The predicted molar refractivity (Wildman–Crippen MR) is 140 cm³/mol. The zero-order chi connectivity index (χ0) is 26.6. The van der Waals surface area contributed by atoms with Crippen LogP contribution in [0.3, 0.4) is 0 Å². The van der Waals surface area contributed by atoms with Crippen LogP contribution in [0.1, 0.15) is 49.8 Å². The summed E-state index contributed by atoms with van der Waals surface area (Å²) >= 11 is 0. The molecule has 2 N–H and O–H groups in total. The number of rotatable bonds is 7. The highest BCUT2D eigenvalue weighted by Gasteiger charge is 2.46. The van der Waals surface area contributed by atoms with Crippen molar-refractivity contribution in [1.82, 2.24) is 19.8 Å². The summed E-state index contributed by atoms with van der Waals surface area (Å²) < 4.78 is 25.9. The van der Waals surface area contributed by atoms with Crippen molar-refractivity contribution in [1.29, 1.82) is 0 Å². The second-order valence-electron chi connectivity index (χ2n) is 9.64. The Bertz CT molecular complexity index is 1180. The van der Waals surface area contributed by atoms with Crippen molar-refractivity contribution < 1.29 is 22.8 Å². The summed E-state index contributed by atoms with van der Waals surface area (Å²) in [5.41, 5.74) is 1.85. The van der Waals surface area contributed by atoms with Crippen molar-refractivity contribution in [2.75, 3.05) is 19.3 Å². The maximum atomic E-state index is 13.8. The number of nitrogens with zero attached hydrogens (tertiary/aromatic N) is 2. The largest absolute Gasteiger partial charge is 0.343 e. The lowest BCUT2D eigenvalue weighted by atomic mass is 9.98. The number of benzene rings is 2. The van der Waals surface area contributed by atoms with Crippen LogP contribution in [-0.2, 0) is 24.4 Å². The first-order chi connectivity index (χ1) is 17.7. The molecule has 0 bridgehead atoms. The number of carbonyl (C=O) groups is 3. The molecule has 37 heavy (non-hydrogen) atoms. The smallest absolute Gasteiger partial charge is 0.247 e. The molecule has 2 aliphatic rings. The maximum Gasteiger partial charge on any atom is 0.247 e. The molecule has 3 atom stereocenters. The second kappa shape index (κ2) is 11.4. The number of amides is 3. The minimum absolute atomic E-state index is 0.155. The van der Waals surface area contributed by atoms with Crippen molar-refractivity contribution in [2.24, 2.45) is 0 Å². The third-order valence-electron chi connectivity index (χ3n) is 7.13. The minimum Gasteiger partial charge on any atom is -0.343 e. The Labute approximate surface area is 218 Å². The number of hydrogen-bond acceptors (Lipinski definition) is 5. The molecule has 2 saturated heterocycles. The second-order valence-corrected chi connectivity index (χ2v) is 11.6. The molecular formula is C27H34N4O5S. The van der Waals surface area contributed by atoms with Crippen LogP contribution in [0, 0.1) is 0 Å². The first kappa shape index (κ1) is 26.8. The molecule has 0 saturated carbocycles. The van der Waals surface area contributed by atoms with Gasteiger partial charge in [0.15, 0.2) is 0 Å². The van der Waals surface area contributed by atoms with Gasteiger partial charge in [-0.3, -0.25) is 14.4 Å². The van der Waals surface area contributed by atoms with E-state index >= 15 is 0 Å². The van der Waals surface area contributed by atoms with Crippen LogP contribution >= 0.6 is 0 Å². The van der Waals surface area contributed by atoms with Crippen LogP contribution in [0.4, 0.5) is 0 Å². The highest BCUT2D eigenvalue weighted by molar-refractivity contribution is 7.88. The Morgan fingerprint density at radius 2 is 1.57 bits per heavy atom. The molecule has 3 amide bonds. The van der Waals surface area contributed by atoms with Crippen molar-refractivity contribution >= 4 is 27.7 Å². The molecule has 3 unspecified atom stereocenters. The Morgan fingerprint density at radius 3 is 2.11 bits per heavy atom. The van der Waals surface area contributed by atoms with E-state index in [1.165, 1.54) is 4.31 Å². The molecular weight excluding hydrogens is 492 g/mol. The zero-order valence-electron chi connectivity index (χ0n) is 21.2. The zero-order valence-corrected chi connectivity index (χ0v) is 22.0. The molecule has 2 fully saturated rings. The van der Waals surface area contributed by atoms with Gasteiger partial charge in [-0.2, -0.15) is 4.31 Å². The number of hydrogen-bond donors (Lipinski definition) is 2. The van der Waals surface area contributed by atoms with Crippen molar-refractivity contribution in [3.05, 3.63) is 71.8 Å². The van der Waals surface area contributed by atoms with E-state index in [1.54, 1.807) is 11.8 Å². The number of nitrogens with one attached hydrogen (secondary N) is 2. The Hall–Kier alpha value is -3.24. The fourth-order valence-corrected chi connectivity index (χ4v) is 6.05. The highest BCUT2D eigenvalue weighted by atomic mass is 32.2. The molecule has 0 radical (unpaired) electrons. The van der Waals surface area contributed by atoms with Gasteiger partial charge < -0.3 is 15.5 Å². The summed E-state index contributed by atoms with van der Waals surface area (Å²) in [6.07, 6.45) is 2.74. The van der Waals surface area contributed by atoms with Crippen LogP contribution in [0.25, 0.3) is 0 Å². The van der Waals surface area contributed by atoms with Gasteiger partial charge in [0.1, 0.15) is 12.1 Å². The predicted octanol–water partition coefficient (Wildman–Crippen LogP) is 1.81. The van der Waals surface area contributed by atoms with Crippen LogP contribution in [0.2, 0.25) is 0 Å². The fraction of sp³-hybridized carbons (Fsp3) is 0.444. The monoisotopic (exact) mass is 526 g/mol. The van der Waals surface area contributed by atoms with Crippen LogP contribution in [-0.4, -0.2) is 72.8 Å². The van der Waals surface area contributed by atoms with Gasteiger partial charge in [-0.25, -0.2) is 8.42 Å². The SMILES string of the molecule is CCC(=O)NC1CN(S(C)(=O)=O)CCC2CCC(C(=O)NC(c3ccccc3)c3ccccc3)N2C1=O. The summed E-state index contributed by atoms with van der Waals surface area (Å²) in [6.45, 7) is 1.73. The van der Waals surface area contributed by atoms with Gasteiger partial charge in [0.2, 0.25) is 27.7 Å². The fourth-order valence-electron chi connectivity index (χ4n) is 5.20. The standard InChI is InChI=1S/C27H34N4O5S/c1-3-24(32)28-22-18-30(37(2,35)36)17-16-21-14-15-23(31(21)27(22)34)26(33)29-25(19-10-6-4-7-11-19)20-12-8-5-9-13-20/h4-13,21-23,25H,3,14-18H2,1-2H3,(H,28,32)(H,29,33). The van der Waals surface area contributed by atoms with Gasteiger partial charge in [0.25, 0.3) is 0 Å². The van der Waals surface area contributed by atoms with Crippen molar-refractivity contribution in [3.8, 4) is 0 Å². The van der Waals surface area contributed by atoms with E-state index < -0.39 is 34.1 Å². The number of carbonyl (C=O) groups excluding carboxylic acids is 3. The van der Waals surface area contributed by atoms with E-state index in [1.807, 2.05) is 60.7 Å². The molecule has 0 aliphatic carbocycles. The normalized spacial score (nSPS) is 22.7. The van der Waals surface area contributed by atoms with E-state index in [0.717, 1.165) is 17.4 Å². The quantitative estimate of drug-likeness (QED) is 0.571. The van der Waals surface area contributed by atoms with E-state index in [-0.39, 0.29) is 37.4 Å². The van der Waals surface area contributed by atoms with Crippen molar-refractivity contribution in [3.63, 3.8) is 0 Å². The molecule has 10 heteroatoms. The highest BCUT2D eigenvalue weighted by Crippen LogP contribution is 2.31. The third-order valence-corrected chi connectivity index (χ3v) is 8.40. The van der Waals surface area contributed by atoms with Gasteiger partial charge in [0.05, 0.1) is 12.3 Å². The van der Waals surface area contributed by atoms with Gasteiger partial charge in [-0.15, -0.1) is 0 Å². The lowest BCUT2D eigenvalue weighted by molar-refractivity contribution is -0.144. The average Bonchev–Trinajstić information content (AvgIpc) is 3.31. The van der Waals surface area contributed by atoms with E-state index in [2.05, 4.69) is 10.6 Å². The van der Waals surface area contributed by atoms with Crippen LogP contribution < -0.4 is 10.6 Å². The molecule has 4 rings (SSSR count). The van der Waals surface area contributed by atoms with Crippen LogP contribution in [0.15, 0.2) is 60.7 Å². The molecule has 198 valence electrons. The summed E-state index contributed by atoms with van der Waals surface area (Å²) in [4.78, 5) is 41.3. The Balaban J connectivity index is 1.61. The molecule has 2 aromatic rings. The minimum atomic E-state index is -3.57. The molecule has 2 aromatic carbocycles. The van der Waals surface area contributed by atoms with Gasteiger partial charge >= 0.3 is 0 Å². The lowest BCUT2D eigenvalue weighted by Crippen LogP contribution is -2.61. The topological polar surface area (TPSA) is 116 Å². The Kier molecular flexibility index (Phi) is 8.29. The Morgan fingerprint density at radius 1 is 0.973 bits per heavy atom. The summed E-state index contributed by atoms with van der Waals surface area (Å²) in [7, 11) is -3.57. The number of fused-ring (bicyclic) bond motifs is 1. The van der Waals surface area contributed by atoms with Gasteiger partial charge in [0, 0.05) is 25.6 Å². The lowest BCUT2D eigenvalue weighted by Gasteiger charge is -2.38. The van der Waals surface area contributed by atoms with E-state index in [0.29, 0.717) is 19.3 Å². The van der Waals surface area contributed by atoms with Crippen molar-refractivity contribution in [2.45, 2.75) is 56.8 Å². The molecule has 9 nitrogen and oxygen atoms in total. The molecule has 0 aromatic heterocycles. The maximum absolute atomic E-state index is 13.8. The van der Waals surface area contributed by atoms with Gasteiger partial charge in [-0.1, -0.05) is 67.6 Å². The summed E-state index contributed by atoms with van der Waals surface area (Å²) in [5.74, 6) is -1.04. The average molecular weight is 527 g/mol. The van der Waals surface area contributed by atoms with E-state index in [4.69, 9.17) is 0 Å². The first-order valence-corrected chi connectivity index (χ1v) is 14.5.